The Kier molecular flexibility index (Phi) is 9.58. The van der Waals surface area contributed by atoms with Crippen molar-refractivity contribution < 1.29 is 23.9 Å². The number of amides is 2. The van der Waals surface area contributed by atoms with Crippen LogP contribution in [0.3, 0.4) is 0 Å². The summed E-state index contributed by atoms with van der Waals surface area (Å²) in [6.45, 7) is 29.5. The molecule has 2 aliphatic rings. The zero-order chi connectivity index (χ0) is 36.4. The lowest BCUT2D eigenvalue weighted by Gasteiger charge is -2.55. The van der Waals surface area contributed by atoms with Gasteiger partial charge in [-0.05, 0) is 62.5 Å². The monoisotopic (exact) mass is 657 g/mol. The van der Waals surface area contributed by atoms with E-state index >= 15 is 0 Å². The van der Waals surface area contributed by atoms with Crippen LogP contribution in [0.5, 0.6) is 0 Å². The average molecular weight is 658 g/mol. The number of cyclic esters (lactones) is 2. The number of esters is 2. The molecule has 2 heterocycles. The molecular formula is C42H59NO5. The number of nitrogens with zero attached hydrogens (tertiary/aromatic N) is 1. The maximum atomic E-state index is 14.6. The number of carbonyl (C=O) groups is 4. The summed E-state index contributed by atoms with van der Waals surface area (Å²) in [5, 5.41) is 0. The van der Waals surface area contributed by atoms with Crippen LogP contribution in [0, 0.1) is 56.2 Å². The lowest BCUT2D eigenvalue weighted by Crippen LogP contribution is -2.52. The van der Waals surface area contributed by atoms with Crippen molar-refractivity contribution >= 4 is 29.4 Å². The topological polar surface area (TPSA) is 80.8 Å². The number of hydrogen-bond donors (Lipinski definition) is 0. The van der Waals surface area contributed by atoms with Crippen LogP contribution in [-0.2, 0) is 23.9 Å². The summed E-state index contributed by atoms with van der Waals surface area (Å²) >= 11 is 0. The molecule has 0 bridgehead atoms. The highest BCUT2D eigenvalue weighted by atomic mass is 16.6. The Morgan fingerprint density at radius 2 is 1.00 bits per heavy atom. The van der Waals surface area contributed by atoms with Crippen LogP contribution in [0.4, 0.5) is 5.69 Å². The van der Waals surface area contributed by atoms with Crippen LogP contribution in [0.15, 0.2) is 60.7 Å². The summed E-state index contributed by atoms with van der Waals surface area (Å²) in [6, 6.07) is 19.6. The van der Waals surface area contributed by atoms with Crippen molar-refractivity contribution in [3.63, 3.8) is 0 Å². The number of hydrogen-bond acceptors (Lipinski definition) is 5. The first kappa shape index (κ1) is 37.5. The maximum Gasteiger partial charge on any atom is 0.318 e. The third kappa shape index (κ3) is 6.18. The lowest BCUT2D eigenvalue weighted by molar-refractivity contribution is -0.156. The van der Waals surface area contributed by atoms with E-state index in [4.69, 9.17) is 4.74 Å². The Bertz CT molecular complexity index is 1540. The van der Waals surface area contributed by atoms with E-state index in [1.165, 1.54) is 4.90 Å². The van der Waals surface area contributed by atoms with E-state index in [1.54, 1.807) is 0 Å². The first-order chi connectivity index (χ1) is 21.8. The Morgan fingerprint density at radius 1 is 0.562 bits per heavy atom. The van der Waals surface area contributed by atoms with E-state index in [0.29, 0.717) is 12.1 Å². The molecular weight excluding hydrogens is 598 g/mol. The molecule has 0 aliphatic carbocycles. The molecule has 0 spiro atoms. The molecule has 2 aromatic rings. The quantitative estimate of drug-likeness (QED) is 0.152. The van der Waals surface area contributed by atoms with Gasteiger partial charge in [-0.15, -0.1) is 0 Å². The predicted octanol–water partition coefficient (Wildman–Crippen LogP) is 9.48. The molecule has 48 heavy (non-hydrogen) atoms. The Balaban J connectivity index is 1.83. The van der Waals surface area contributed by atoms with E-state index < -0.39 is 68.1 Å². The lowest BCUT2D eigenvalue weighted by atomic mass is 9.47. The zero-order valence-electron chi connectivity index (χ0n) is 31.9. The molecule has 0 saturated carbocycles. The number of imide groups is 1. The summed E-state index contributed by atoms with van der Waals surface area (Å²) in [6.07, 6.45) is 0.677. The molecule has 0 aromatic heterocycles. The fourth-order valence-electron chi connectivity index (χ4n) is 8.68. The molecule has 4 rings (SSSR count). The van der Waals surface area contributed by atoms with E-state index in [-0.39, 0.29) is 17.7 Å². The van der Waals surface area contributed by atoms with Crippen LogP contribution in [0.2, 0.25) is 0 Å². The van der Waals surface area contributed by atoms with Crippen molar-refractivity contribution in [2.75, 3.05) is 4.90 Å². The SMILES string of the molecule is CC(C)(C)C1C(=O)N(c2ccccc2)C(=O)C1C(C)(C)C(C)(C)CC(c1ccccc1)C(C)(C)C(C)(C)C1C(=O)OC(=O)C1C(C)(C)C. The van der Waals surface area contributed by atoms with Crippen LogP contribution >= 0.6 is 0 Å². The molecule has 2 aromatic carbocycles. The highest BCUT2D eigenvalue weighted by molar-refractivity contribution is 6.22. The van der Waals surface area contributed by atoms with Gasteiger partial charge in [-0.3, -0.25) is 24.1 Å². The molecule has 262 valence electrons. The summed E-state index contributed by atoms with van der Waals surface area (Å²) in [4.78, 5) is 56.9. The Hall–Kier alpha value is -3.28. The number of para-hydroxylation sites is 1. The number of carbonyl (C=O) groups excluding carboxylic acids is 4. The van der Waals surface area contributed by atoms with Crippen molar-refractivity contribution in [1.29, 1.82) is 0 Å². The Morgan fingerprint density at radius 3 is 1.48 bits per heavy atom. The molecule has 6 heteroatoms. The van der Waals surface area contributed by atoms with Crippen molar-refractivity contribution in [1.82, 2.24) is 0 Å². The van der Waals surface area contributed by atoms with E-state index in [1.807, 2.05) is 69.3 Å². The van der Waals surface area contributed by atoms with Crippen LogP contribution in [0.1, 0.15) is 115 Å². The van der Waals surface area contributed by atoms with Gasteiger partial charge in [0.15, 0.2) is 0 Å². The minimum Gasteiger partial charge on any atom is -0.393 e. The van der Waals surface area contributed by atoms with Crippen molar-refractivity contribution in [3.05, 3.63) is 66.2 Å². The highest BCUT2D eigenvalue weighted by Crippen LogP contribution is 2.63. The van der Waals surface area contributed by atoms with Gasteiger partial charge >= 0.3 is 11.9 Å². The summed E-state index contributed by atoms with van der Waals surface area (Å²) in [5.41, 5.74) is -1.44. The normalized spacial score (nSPS) is 23.9. The summed E-state index contributed by atoms with van der Waals surface area (Å²) in [7, 11) is 0. The van der Waals surface area contributed by atoms with Gasteiger partial charge in [0.1, 0.15) is 0 Å². The molecule has 6 nitrogen and oxygen atoms in total. The first-order valence-corrected chi connectivity index (χ1v) is 17.5. The highest BCUT2D eigenvalue weighted by Gasteiger charge is 2.64. The fraction of sp³-hybridized carbons (Fsp3) is 0.619. The molecule has 2 fully saturated rings. The number of rotatable bonds is 9. The zero-order valence-corrected chi connectivity index (χ0v) is 31.9. The van der Waals surface area contributed by atoms with Crippen LogP contribution in [0.25, 0.3) is 0 Å². The second-order valence-corrected chi connectivity index (χ2v) is 18.9. The van der Waals surface area contributed by atoms with Crippen molar-refractivity contribution in [2.24, 2.45) is 56.2 Å². The minimum atomic E-state index is -0.661. The van der Waals surface area contributed by atoms with E-state index in [2.05, 4.69) is 88.3 Å². The van der Waals surface area contributed by atoms with E-state index in [0.717, 1.165) is 5.56 Å². The van der Waals surface area contributed by atoms with Gasteiger partial charge in [0, 0.05) is 0 Å². The number of ether oxygens (including phenoxy) is 1. The largest absolute Gasteiger partial charge is 0.393 e. The van der Waals surface area contributed by atoms with Gasteiger partial charge in [0.2, 0.25) is 11.8 Å². The maximum absolute atomic E-state index is 14.6. The standard InChI is InChI=1S/C42H59NO5/c1-37(2,3)29-30(34(45)43(33(29)44)27-23-19-16-20-24-27)41(11,12)39(7,8)25-28(26-21-17-15-18-22-26)40(9,10)42(13,14)32-31(38(4,5)6)35(46)48-36(32)47/h15-24,28-32H,25H2,1-14H3. The van der Waals surface area contributed by atoms with Crippen molar-refractivity contribution in [3.8, 4) is 0 Å². The van der Waals surface area contributed by atoms with Gasteiger partial charge in [-0.2, -0.15) is 0 Å². The minimum absolute atomic E-state index is 0.0717. The number of benzene rings is 2. The molecule has 2 aliphatic heterocycles. The van der Waals surface area contributed by atoms with Crippen LogP contribution < -0.4 is 4.90 Å². The molecule has 0 N–H and O–H groups in total. The summed E-state index contributed by atoms with van der Waals surface area (Å²) in [5.74, 6) is -3.52. The van der Waals surface area contributed by atoms with Gasteiger partial charge in [0.05, 0.1) is 29.4 Å². The molecule has 5 atom stereocenters. The van der Waals surface area contributed by atoms with Crippen LogP contribution in [-0.4, -0.2) is 23.8 Å². The number of anilines is 1. The summed E-state index contributed by atoms with van der Waals surface area (Å²) < 4.78 is 5.36. The second-order valence-electron chi connectivity index (χ2n) is 18.9. The van der Waals surface area contributed by atoms with Gasteiger partial charge in [0.25, 0.3) is 0 Å². The molecule has 2 amide bonds. The smallest absolute Gasteiger partial charge is 0.318 e. The molecule has 5 unspecified atom stereocenters. The third-order valence-electron chi connectivity index (χ3n) is 13.0. The fourth-order valence-corrected chi connectivity index (χ4v) is 8.68. The average Bonchev–Trinajstić information content (AvgIpc) is 3.43. The van der Waals surface area contributed by atoms with Gasteiger partial charge in [-0.1, -0.05) is 145 Å². The van der Waals surface area contributed by atoms with Gasteiger partial charge < -0.3 is 4.74 Å². The molecule has 0 radical (unpaired) electrons. The van der Waals surface area contributed by atoms with Gasteiger partial charge in [-0.25, -0.2) is 0 Å². The molecule has 2 saturated heterocycles. The van der Waals surface area contributed by atoms with E-state index in [9.17, 15) is 19.2 Å². The first-order valence-electron chi connectivity index (χ1n) is 17.5. The van der Waals surface area contributed by atoms with Crippen molar-refractivity contribution in [2.45, 2.75) is 109 Å². The third-order valence-corrected chi connectivity index (χ3v) is 13.0. The predicted molar refractivity (Wildman–Crippen MR) is 192 cm³/mol. The Labute approximate surface area is 289 Å². The second kappa shape index (κ2) is 12.2.